The van der Waals surface area contributed by atoms with Crippen LogP contribution in [0.5, 0.6) is 0 Å². The number of rotatable bonds is 5. The summed E-state index contributed by atoms with van der Waals surface area (Å²) in [7, 11) is -3.59. The average molecular weight is 402 g/mol. The molecule has 10 nitrogen and oxygen atoms in total. The topological polar surface area (TPSA) is 102 Å². The first-order valence-electron chi connectivity index (χ1n) is 9.07. The lowest BCUT2D eigenvalue weighted by Crippen LogP contribution is -2.49. The van der Waals surface area contributed by atoms with E-state index in [2.05, 4.69) is 20.3 Å². The lowest BCUT2D eigenvalue weighted by atomic mass is 10.3. The quantitative estimate of drug-likeness (QED) is 0.626. The van der Waals surface area contributed by atoms with Gasteiger partial charge in [0, 0.05) is 50.8 Å². The van der Waals surface area contributed by atoms with E-state index >= 15 is 0 Å². The lowest BCUT2D eigenvalue weighted by molar-refractivity contribution is 0.382. The number of nitrogens with zero attached hydrogens (tertiary/aromatic N) is 8. The van der Waals surface area contributed by atoms with Crippen molar-refractivity contribution in [3.63, 3.8) is 0 Å². The molecule has 28 heavy (non-hydrogen) atoms. The smallest absolute Gasteiger partial charge is 0.262 e. The molecule has 1 saturated heterocycles. The van der Waals surface area contributed by atoms with E-state index in [4.69, 9.17) is 0 Å². The molecule has 0 N–H and O–H groups in total. The van der Waals surface area contributed by atoms with Gasteiger partial charge in [-0.15, -0.1) is 10.2 Å². The molecular weight excluding hydrogens is 380 g/mol. The maximum atomic E-state index is 12.8. The Kier molecular flexibility index (Phi) is 4.85. The van der Waals surface area contributed by atoms with Gasteiger partial charge in [-0.3, -0.25) is 0 Å². The second kappa shape index (κ2) is 7.32. The first-order chi connectivity index (χ1) is 13.4. The zero-order valence-corrected chi connectivity index (χ0v) is 16.6. The Labute approximate surface area is 163 Å². The second-order valence-corrected chi connectivity index (χ2v) is 8.73. The largest absolute Gasteiger partial charge is 0.352 e. The molecule has 0 spiro atoms. The zero-order valence-electron chi connectivity index (χ0n) is 15.7. The Balaban J connectivity index is 1.42. The predicted molar refractivity (Wildman–Crippen MR) is 103 cm³/mol. The van der Waals surface area contributed by atoms with Crippen LogP contribution in [0.1, 0.15) is 19.9 Å². The van der Waals surface area contributed by atoms with Crippen LogP contribution in [0.15, 0.2) is 48.1 Å². The normalized spacial score (nSPS) is 16.0. The van der Waals surface area contributed by atoms with Crippen LogP contribution in [-0.2, 0) is 10.0 Å². The van der Waals surface area contributed by atoms with Crippen molar-refractivity contribution in [2.45, 2.75) is 24.9 Å². The van der Waals surface area contributed by atoms with Gasteiger partial charge in [0.15, 0.2) is 16.7 Å². The molecule has 1 aliphatic heterocycles. The molecule has 1 fully saturated rings. The summed E-state index contributed by atoms with van der Waals surface area (Å²) < 4.78 is 30.6. The fourth-order valence-corrected chi connectivity index (χ4v) is 4.38. The highest BCUT2D eigenvalue weighted by atomic mass is 32.2. The van der Waals surface area contributed by atoms with Gasteiger partial charge in [-0.05, 0) is 32.0 Å². The Morgan fingerprint density at radius 1 is 1.04 bits per heavy atom. The highest BCUT2D eigenvalue weighted by molar-refractivity contribution is 7.89. The van der Waals surface area contributed by atoms with Crippen LogP contribution in [0.3, 0.4) is 0 Å². The molecule has 148 valence electrons. The van der Waals surface area contributed by atoms with E-state index in [0.29, 0.717) is 32.0 Å². The van der Waals surface area contributed by atoms with Crippen molar-refractivity contribution < 1.29 is 8.42 Å². The van der Waals surface area contributed by atoms with Gasteiger partial charge in [-0.2, -0.15) is 9.40 Å². The Morgan fingerprint density at radius 2 is 1.75 bits per heavy atom. The van der Waals surface area contributed by atoms with Crippen molar-refractivity contribution in [3.8, 4) is 5.82 Å². The Morgan fingerprint density at radius 3 is 2.32 bits per heavy atom. The van der Waals surface area contributed by atoms with Gasteiger partial charge in [0.05, 0.1) is 6.33 Å². The molecule has 0 unspecified atom stereocenters. The van der Waals surface area contributed by atoms with Crippen LogP contribution in [0.4, 0.5) is 5.82 Å². The fourth-order valence-electron chi connectivity index (χ4n) is 3.04. The number of imidazole rings is 1. The van der Waals surface area contributed by atoms with Crippen LogP contribution < -0.4 is 4.90 Å². The molecule has 0 bridgehead atoms. The molecule has 4 heterocycles. The highest BCUT2D eigenvalue weighted by Gasteiger charge is 2.30. The monoisotopic (exact) mass is 402 g/mol. The van der Waals surface area contributed by atoms with Crippen molar-refractivity contribution in [2.75, 3.05) is 31.1 Å². The molecule has 4 rings (SSSR count). The second-order valence-electron chi connectivity index (χ2n) is 6.84. The van der Waals surface area contributed by atoms with Crippen LogP contribution in [0, 0.1) is 0 Å². The fraction of sp³-hybridized carbons (Fsp3) is 0.412. The van der Waals surface area contributed by atoms with Crippen molar-refractivity contribution in [1.82, 2.24) is 33.8 Å². The van der Waals surface area contributed by atoms with Crippen molar-refractivity contribution >= 4 is 15.8 Å². The minimum atomic E-state index is -3.59. The van der Waals surface area contributed by atoms with Gasteiger partial charge in [-0.25, -0.2) is 18.1 Å². The number of hydrogen-bond acceptors (Lipinski definition) is 7. The maximum absolute atomic E-state index is 12.8. The first-order valence-corrected chi connectivity index (χ1v) is 10.5. The van der Waals surface area contributed by atoms with Gasteiger partial charge in [0.2, 0.25) is 0 Å². The van der Waals surface area contributed by atoms with E-state index in [9.17, 15) is 8.42 Å². The third kappa shape index (κ3) is 3.50. The molecule has 1 aliphatic rings. The van der Waals surface area contributed by atoms with Crippen LogP contribution >= 0.6 is 0 Å². The first kappa shape index (κ1) is 18.6. The van der Waals surface area contributed by atoms with Crippen LogP contribution in [0.25, 0.3) is 5.82 Å². The Bertz CT molecular complexity index is 1020. The van der Waals surface area contributed by atoms with Crippen molar-refractivity contribution in [3.05, 3.63) is 43.1 Å². The van der Waals surface area contributed by atoms with E-state index in [1.807, 2.05) is 36.9 Å². The standard InChI is InChI=1S/C17H22N8O2S/c1-14(2)23-12-17(18-13-23)28(26,27)24-10-8-22(9-11-24)15-4-5-16(21-20-15)25-7-3-6-19-25/h3-7,12-14H,8-11H2,1-2H3. The van der Waals surface area contributed by atoms with E-state index in [-0.39, 0.29) is 11.1 Å². The molecule has 0 atom stereocenters. The molecular formula is C17H22N8O2S. The van der Waals surface area contributed by atoms with Gasteiger partial charge in [0.1, 0.15) is 0 Å². The third-order valence-electron chi connectivity index (χ3n) is 4.72. The minimum absolute atomic E-state index is 0.0954. The molecule has 0 saturated carbocycles. The summed E-state index contributed by atoms with van der Waals surface area (Å²) in [5.41, 5.74) is 0. The molecule has 3 aromatic heterocycles. The summed E-state index contributed by atoms with van der Waals surface area (Å²) >= 11 is 0. The van der Waals surface area contributed by atoms with E-state index in [1.165, 1.54) is 4.31 Å². The number of hydrogen-bond donors (Lipinski definition) is 0. The summed E-state index contributed by atoms with van der Waals surface area (Å²) in [5, 5.41) is 12.7. The summed E-state index contributed by atoms with van der Waals surface area (Å²) in [6, 6.07) is 5.70. The van der Waals surface area contributed by atoms with E-state index in [1.54, 1.807) is 34.2 Å². The van der Waals surface area contributed by atoms with Crippen LogP contribution in [0.2, 0.25) is 0 Å². The number of sulfonamides is 1. The molecule has 11 heteroatoms. The van der Waals surface area contributed by atoms with Crippen molar-refractivity contribution in [1.29, 1.82) is 0 Å². The van der Waals surface area contributed by atoms with Crippen molar-refractivity contribution in [2.24, 2.45) is 0 Å². The summed E-state index contributed by atoms with van der Waals surface area (Å²) in [6.07, 6.45) is 6.63. The minimum Gasteiger partial charge on any atom is -0.352 e. The number of piperazine rings is 1. The van der Waals surface area contributed by atoms with Gasteiger partial charge in [-0.1, -0.05) is 0 Å². The summed E-state index contributed by atoms with van der Waals surface area (Å²) in [6.45, 7) is 5.80. The summed E-state index contributed by atoms with van der Waals surface area (Å²) in [4.78, 5) is 6.11. The number of aromatic nitrogens is 6. The van der Waals surface area contributed by atoms with E-state index < -0.39 is 10.0 Å². The third-order valence-corrected chi connectivity index (χ3v) is 6.50. The zero-order chi connectivity index (χ0) is 19.7. The molecule has 0 aliphatic carbocycles. The SMILES string of the molecule is CC(C)n1cnc(S(=O)(=O)N2CCN(c3ccc(-n4cccn4)nn3)CC2)c1. The lowest BCUT2D eigenvalue weighted by Gasteiger charge is -2.33. The van der Waals surface area contributed by atoms with Crippen LogP contribution in [-0.4, -0.2) is 68.4 Å². The van der Waals surface area contributed by atoms with Gasteiger partial charge < -0.3 is 9.47 Å². The number of anilines is 1. The molecule has 0 amide bonds. The average Bonchev–Trinajstić information content (AvgIpc) is 3.41. The van der Waals surface area contributed by atoms with E-state index in [0.717, 1.165) is 5.82 Å². The molecule has 3 aromatic rings. The molecule has 0 aromatic carbocycles. The maximum Gasteiger partial charge on any atom is 0.262 e. The van der Waals surface area contributed by atoms with Gasteiger partial charge in [0.25, 0.3) is 10.0 Å². The van der Waals surface area contributed by atoms with Gasteiger partial charge >= 0.3 is 0 Å². The highest BCUT2D eigenvalue weighted by Crippen LogP contribution is 2.20. The predicted octanol–water partition coefficient (Wildman–Crippen LogP) is 0.951. The Hall–Kier alpha value is -2.79. The molecule has 0 radical (unpaired) electrons. The summed E-state index contributed by atoms with van der Waals surface area (Å²) in [5.74, 6) is 1.35.